The molecule has 1 aliphatic heterocycles. The molecule has 0 unspecified atom stereocenters. The number of carbonyl (C=O) groups is 1. The van der Waals surface area contributed by atoms with E-state index in [0.29, 0.717) is 29.1 Å². The number of non-ortho nitro benzene ring substituents is 1. The van der Waals surface area contributed by atoms with Gasteiger partial charge in [0.25, 0.3) is 11.6 Å². The summed E-state index contributed by atoms with van der Waals surface area (Å²) in [6.45, 7) is 0.437. The van der Waals surface area contributed by atoms with Gasteiger partial charge >= 0.3 is 0 Å². The average Bonchev–Trinajstić information content (AvgIpc) is 3.07. The van der Waals surface area contributed by atoms with Gasteiger partial charge in [-0.15, -0.1) is 12.4 Å². The van der Waals surface area contributed by atoms with Crippen LogP contribution in [0, 0.1) is 10.1 Å². The highest BCUT2D eigenvalue weighted by atomic mass is 35.5. The van der Waals surface area contributed by atoms with Crippen LogP contribution in [0.1, 0.15) is 16.7 Å². The molecule has 0 radical (unpaired) electrons. The fourth-order valence-corrected chi connectivity index (χ4v) is 3.27. The van der Waals surface area contributed by atoms with Crippen molar-refractivity contribution in [2.24, 2.45) is 5.73 Å². The number of nitro benzene ring substituents is 1. The third-order valence-electron chi connectivity index (χ3n) is 4.73. The maximum atomic E-state index is 12.8. The molecule has 0 aliphatic carbocycles. The van der Waals surface area contributed by atoms with Crippen LogP contribution < -0.4 is 16.4 Å². The van der Waals surface area contributed by atoms with E-state index in [2.05, 4.69) is 10.6 Å². The molecule has 3 aromatic rings. The minimum atomic E-state index is -0.470. The molecule has 0 bridgehead atoms. The minimum Gasteiger partial charge on any atom is -0.354 e. The Bertz CT molecular complexity index is 1130. The van der Waals surface area contributed by atoms with E-state index < -0.39 is 4.92 Å². The molecule has 0 fully saturated rings. The number of fused-ring (bicyclic) bond motifs is 1. The van der Waals surface area contributed by atoms with E-state index in [0.717, 1.165) is 16.8 Å². The highest BCUT2D eigenvalue weighted by Gasteiger charge is 2.30. The van der Waals surface area contributed by atoms with Gasteiger partial charge in [-0.25, -0.2) is 0 Å². The van der Waals surface area contributed by atoms with Gasteiger partial charge in [0.2, 0.25) is 0 Å². The molecule has 0 spiro atoms. The van der Waals surface area contributed by atoms with Gasteiger partial charge in [0, 0.05) is 35.6 Å². The minimum absolute atomic E-state index is 0. The van der Waals surface area contributed by atoms with Crippen LogP contribution in [-0.2, 0) is 11.3 Å². The molecule has 1 amide bonds. The van der Waals surface area contributed by atoms with Crippen molar-refractivity contribution in [3.63, 3.8) is 0 Å². The van der Waals surface area contributed by atoms with Gasteiger partial charge in [-0.3, -0.25) is 14.9 Å². The number of amides is 1. The van der Waals surface area contributed by atoms with Gasteiger partial charge in [0.05, 0.1) is 16.2 Å². The normalized spacial score (nSPS) is 13.7. The summed E-state index contributed by atoms with van der Waals surface area (Å²) in [6.07, 6.45) is 0. The van der Waals surface area contributed by atoms with E-state index in [-0.39, 0.29) is 24.0 Å². The summed E-state index contributed by atoms with van der Waals surface area (Å²) in [7, 11) is 0. The molecule has 1 heterocycles. The van der Waals surface area contributed by atoms with Crippen LogP contribution in [0.5, 0.6) is 0 Å². The molecule has 4 N–H and O–H groups in total. The van der Waals surface area contributed by atoms with E-state index in [1.807, 2.05) is 54.6 Å². The predicted molar refractivity (Wildman–Crippen MR) is 120 cm³/mol. The average molecular weight is 423 g/mol. The van der Waals surface area contributed by atoms with Crippen LogP contribution in [0.4, 0.5) is 17.1 Å². The SMILES string of the molecule is Cl.NCc1ccc(NC(=C2C(=O)Nc3ccc([N+](=O)[O-])cc32)c2ccccc2)cc1. The van der Waals surface area contributed by atoms with E-state index in [1.54, 1.807) is 6.07 Å². The van der Waals surface area contributed by atoms with Crippen LogP contribution in [0.2, 0.25) is 0 Å². The van der Waals surface area contributed by atoms with Crippen molar-refractivity contribution in [2.75, 3.05) is 10.6 Å². The molecule has 0 atom stereocenters. The number of hydrogen-bond acceptors (Lipinski definition) is 5. The third kappa shape index (κ3) is 4.03. The van der Waals surface area contributed by atoms with Crippen molar-refractivity contribution in [1.82, 2.24) is 0 Å². The summed E-state index contributed by atoms with van der Waals surface area (Å²) in [4.78, 5) is 23.6. The van der Waals surface area contributed by atoms with E-state index >= 15 is 0 Å². The molecule has 0 saturated heterocycles. The number of rotatable bonds is 5. The summed E-state index contributed by atoms with van der Waals surface area (Å²) in [6, 6.07) is 21.3. The standard InChI is InChI=1S/C22H18N4O3.ClH/c23-13-14-6-8-16(9-7-14)24-21(15-4-2-1-3-5-15)20-18-12-17(26(28)29)10-11-19(18)25-22(20)27;/h1-12,24H,13,23H2,(H,25,27);1H. The van der Waals surface area contributed by atoms with Gasteiger partial charge < -0.3 is 16.4 Å². The summed E-state index contributed by atoms with van der Waals surface area (Å²) >= 11 is 0. The van der Waals surface area contributed by atoms with Crippen molar-refractivity contribution >= 4 is 46.6 Å². The Kier molecular flexibility index (Phi) is 6.15. The number of benzene rings is 3. The van der Waals surface area contributed by atoms with E-state index in [4.69, 9.17) is 5.73 Å². The fraction of sp³-hybridized carbons (Fsp3) is 0.0455. The van der Waals surface area contributed by atoms with Crippen molar-refractivity contribution in [3.8, 4) is 0 Å². The Labute approximate surface area is 179 Å². The molecule has 7 nitrogen and oxygen atoms in total. The van der Waals surface area contributed by atoms with Crippen LogP contribution >= 0.6 is 12.4 Å². The molecule has 3 aromatic carbocycles. The lowest BCUT2D eigenvalue weighted by atomic mass is 9.99. The Morgan fingerprint density at radius 1 is 1.03 bits per heavy atom. The zero-order valence-corrected chi connectivity index (χ0v) is 16.6. The Morgan fingerprint density at radius 3 is 2.37 bits per heavy atom. The van der Waals surface area contributed by atoms with Crippen LogP contribution in [-0.4, -0.2) is 10.8 Å². The first-order valence-electron chi connectivity index (χ1n) is 9.02. The molecular formula is C22H19ClN4O3. The van der Waals surface area contributed by atoms with Crippen molar-refractivity contribution in [3.05, 3.63) is 99.6 Å². The lowest BCUT2D eigenvalue weighted by Gasteiger charge is -2.15. The van der Waals surface area contributed by atoms with Gasteiger partial charge in [0.1, 0.15) is 0 Å². The van der Waals surface area contributed by atoms with Gasteiger partial charge in [0.15, 0.2) is 0 Å². The lowest BCUT2D eigenvalue weighted by molar-refractivity contribution is -0.384. The number of nitrogens with one attached hydrogen (secondary N) is 2. The van der Waals surface area contributed by atoms with Crippen LogP contribution in [0.15, 0.2) is 72.8 Å². The Balaban J connectivity index is 0.00000256. The number of anilines is 2. The van der Waals surface area contributed by atoms with Crippen molar-refractivity contribution < 1.29 is 9.72 Å². The molecule has 152 valence electrons. The predicted octanol–water partition coefficient (Wildman–Crippen LogP) is 4.41. The van der Waals surface area contributed by atoms with Crippen LogP contribution in [0.3, 0.4) is 0 Å². The smallest absolute Gasteiger partial charge is 0.270 e. The summed E-state index contributed by atoms with van der Waals surface area (Å²) in [5.74, 6) is -0.314. The summed E-state index contributed by atoms with van der Waals surface area (Å²) < 4.78 is 0. The van der Waals surface area contributed by atoms with Crippen LogP contribution in [0.25, 0.3) is 11.3 Å². The van der Waals surface area contributed by atoms with Gasteiger partial charge in [-0.1, -0.05) is 42.5 Å². The zero-order valence-electron chi connectivity index (χ0n) is 15.8. The Hall–Kier alpha value is -3.68. The molecule has 0 aromatic heterocycles. The lowest BCUT2D eigenvalue weighted by Crippen LogP contribution is -2.10. The molecular weight excluding hydrogens is 404 g/mol. The highest BCUT2D eigenvalue weighted by molar-refractivity contribution is 6.37. The maximum absolute atomic E-state index is 12.8. The second-order valence-electron chi connectivity index (χ2n) is 6.58. The monoisotopic (exact) mass is 422 g/mol. The van der Waals surface area contributed by atoms with Gasteiger partial charge in [-0.05, 0) is 29.3 Å². The first-order valence-corrected chi connectivity index (χ1v) is 9.02. The quantitative estimate of drug-likeness (QED) is 0.320. The maximum Gasteiger partial charge on any atom is 0.270 e. The van der Waals surface area contributed by atoms with Crippen molar-refractivity contribution in [2.45, 2.75) is 6.54 Å². The third-order valence-corrected chi connectivity index (χ3v) is 4.73. The number of nitro groups is 1. The Morgan fingerprint density at radius 2 is 1.73 bits per heavy atom. The van der Waals surface area contributed by atoms with E-state index in [9.17, 15) is 14.9 Å². The number of nitrogens with two attached hydrogens (primary N) is 1. The number of halogens is 1. The second kappa shape index (κ2) is 8.77. The first-order chi connectivity index (χ1) is 14.1. The topological polar surface area (TPSA) is 110 Å². The van der Waals surface area contributed by atoms with Crippen molar-refractivity contribution in [1.29, 1.82) is 0 Å². The van der Waals surface area contributed by atoms with Gasteiger partial charge in [-0.2, -0.15) is 0 Å². The fourth-order valence-electron chi connectivity index (χ4n) is 3.27. The zero-order chi connectivity index (χ0) is 20.4. The largest absolute Gasteiger partial charge is 0.354 e. The summed E-state index contributed by atoms with van der Waals surface area (Å²) in [5.41, 5.74) is 10.1. The molecule has 1 aliphatic rings. The first kappa shape index (κ1) is 21.0. The number of hydrogen-bond donors (Lipinski definition) is 3. The number of carbonyl (C=O) groups excluding carboxylic acids is 1. The molecule has 30 heavy (non-hydrogen) atoms. The second-order valence-corrected chi connectivity index (χ2v) is 6.58. The van der Waals surface area contributed by atoms with E-state index in [1.165, 1.54) is 12.1 Å². The number of nitrogens with zero attached hydrogens (tertiary/aromatic N) is 1. The summed E-state index contributed by atoms with van der Waals surface area (Å²) in [5, 5.41) is 17.3. The molecule has 0 saturated carbocycles. The highest BCUT2D eigenvalue weighted by Crippen LogP contribution is 2.39. The molecule has 4 rings (SSSR count). The molecule has 8 heteroatoms.